The minimum Gasteiger partial charge on any atom is -0.507 e. The molecule has 0 aromatic carbocycles. The number of Topliss-reactive ketones (excluding diaryl/α,β-unsaturated/α-hetero) is 1. The molecule has 4 nitrogen and oxygen atoms in total. The average molecular weight is 340 g/mol. The van der Waals surface area contributed by atoms with Gasteiger partial charge in [0.1, 0.15) is 5.76 Å². The number of fused-ring (bicyclic) bond motifs is 1. The van der Waals surface area contributed by atoms with Crippen LogP contribution in [0.4, 0.5) is 0 Å². The quantitative estimate of drug-likeness (QED) is 0.671. The van der Waals surface area contributed by atoms with E-state index in [9.17, 15) is 9.90 Å². The van der Waals surface area contributed by atoms with E-state index in [0.717, 1.165) is 46.5 Å². The summed E-state index contributed by atoms with van der Waals surface area (Å²) in [6.07, 6.45) is 7.33. The van der Waals surface area contributed by atoms with Gasteiger partial charge < -0.3 is 5.11 Å². The summed E-state index contributed by atoms with van der Waals surface area (Å²) >= 11 is 1.51. The zero-order valence-corrected chi connectivity index (χ0v) is 14.5. The van der Waals surface area contributed by atoms with Gasteiger partial charge in [0.25, 0.3) is 0 Å². The number of aryl methyl sites for hydroxylation is 2. The van der Waals surface area contributed by atoms with Gasteiger partial charge in [-0.3, -0.25) is 9.78 Å². The van der Waals surface area contributed by atoms with Gasteiger partial charge in [-0.05, 0) is 50.2 Å². The van der Waals surface area contributed by atoms with Crippen molar-refractivity contribution in [3.63, 3.8) is 0 Å². The summed E-state index contributed by atoms with van der Waals surface area (Å²) in [6, 6.07) is 3.73. The van der Waals surface area contributed by atoms with Gasteiger partial charge in [0.2, 0.25) is 5.78 Å². The number of aliphatic hydroxyl groups is 1. The van der Waals surface area contributed by atoms with E-state index in [1.165, 1.54) is 24.2 Å². The summed E-state index contributed by atoms with van der Waals surface area (Å²) in [5, 5.41) is 11.6. The minimum atomic E-state index is -0.0622. The number of pyridine rings is 1. The highest BCUT2D eigenvalue weighted by molar-refractivity contribution is 7.14. The number of hydrogen-bond donors (Lipinski definition) is 1. The first kappa shape index (κ1) is 15.5. The molecule has 2 aliphatic rings. The molecule has 4 rings (SSSR count). The second-order valence-electron chi connectivity index (χ2n) is 6.58. The Bertz CT molecular complexity index is 816. The third-order valence-electron chi connectivity index (χ3n) is 4.74. The molecule has 0 aliphatic heterocycles. The monoisotopic (exact) mass is 340 g/mol. The van der Waals surface area contributed by atoms with Crippen LogP contribution >= 0.6 is 11.3 Å². The normalized spacial score (nSPS) is 19.3. The molecule has 0 radical (unpaired) electrons. The first-order chi connectivity index (χ1) is 11.7. The van der Waals surface area contributed by atoms with Crippen LogP contribution in [0.15, 0.2) is 23.9 Å². The molecule has 0 amide bonds. The smallest absolute Gasteiger partial charge is 0.204 e. The highest BCUT2D eigenvalue weighted by Crippen LogP contribution is 2.37. The number of aliphatic hydroxyl groups excluding tert-OH is 1. The molecule has 2 heterocycles. The van der Waals surface area contributed by atoms with Crippen molar-refractivity contribution in [1.82, 2.24) is 9.97 Å². The van der Waals surface area contributed by atoms with E-state index in [0.29, 0.717) is 17.6 Å². The number of carbonyl (C=O) groups is 1. The summed E-state index contributed by atoms with van der Waals surface area (Å²) in [5.41, 5.74) is 2.99. The van der Waals surface area contributed by atoms with Gasteiger partial charge in [-0.1, -0.05) is 6.92 Å². The fraction of sp³-hybridized carbons (Fsp3) is 0.421. The Kier molecular flexibility index (Phi) is 3.96. The van der Waals surface area contributed by atoms with E-state index in [1.807, 2.05) is 19.1 Å². The Labute approximate surface area is 145 Å². The highest BCUT2D eigenvalue weighted by Gasteiger charge is 2.31. The zero-order chi connectivity index (χ0) is 16.7. The Balaban J connectivity index is 1.63. The molecule has 1 N–H and O–H groups in total. The van der Waals surface area contributed by atoms with Crippen LogP contribution in [0, 0.1) is 5.92 Å². The van der Waals surface area contributed by atoms with Crippen LogP contribution in [-0.2, 0) is 19.3 Å². The topological polar surface area (TPSA) is 63.1 Å². The molecule has 0 spiro atoms. The van der Waals surface area contributed by atoms with Crippen molar-refractivity contribution in [2.24, 2.45) is 5.92 Å². The van der Waals surface area contributed by atoms with E-state index in [-0.39, 0.29) is 11.5 Å². The predicted octanol–water partition coefficient (Wildman–Crippen LogP) is 4.15. The number of aromatic nitrogens is 2. The molecule has 5 heteroatoms. The molecule has 24 heavy (non-hydrogen) atoms. The molecule has 0 saturated heterocycles. The van der Waals surface area contributed by atoms with Crippen LogP contribution in [-0.4, -0.2) is 20.9 Å². The number of allylic oxidation sites excluding steroid dienone is 1. The Morgan fingerprint density at radius 1 is 1.33 bits per heavy atom. The molecule has 124 valence electrons. The molecule has 1 saturated carbocycles. The van der Waals surface area contributed by atoms with Crippen molar-refractivity contribution >= 4 is 22.9 Å². The van der Waals surface area contributed by atoms with Gasteiger partial charge in [-0.2, -0.15) is 0 Å². The molecular formula is C19H20N2O2S. The van der Waals surface area contributed by atoms with Crippen LogP contribution in [0.5, 0.6) is 0 Å². The van der Waals surface area contributed by atoms with E-state index in [1.54, 1.807) is 6.20 Å². The van der Waals surface area contributed by atoms with Crippen molar-refractivity contribution in [2.75, 3.05) is 0 Å². The molecule has 0 unspecified atom stereocenters. The lowest BCUT2D eigenvalue weighted by Crippen LogP contribution is -2.14. The molecular weight excluding hydrogens is 320 g/mol. The van der Waals surface area contributed by atoms with Crippen molar-refractivity contribution in [1.29, 1.82) is 0 Å². The van der Waals surface area contributed by atoms with Gasteiger partial charge in [0, 0.05) is 29.4 Å². The molecule has 2 aliphatic carbocycles. The molecule has 2 aromatic heterocycles. The van der Waals surface area contributed by atoms with Gasteiger partial charge in [0.15, 0.2) is 0 Å². The average Bonchev–Trinajstić information content (AvgIpc) is 3.31. The Morgan fingerprint density at radius 3 is 2.83 bits per heavy atom. The van der Waals surface area contributed by atoms with Gasteiger partial charge in [-0.15, -0.1) is 11.3 Å². The molecule has 0 atom stereocenters. The van der Waals surface area contributed by atoms with Crippen molar-refractivity contribution in [2.45, 2.75) is 45.4 Å². The maximum absolute atomic E-state index is 12.8. The lowest BCUT2D eigenvalue weighted by molar-refractivity contribution is 0.102. The second-order valence-corrected chi connectivity index (χ2v) is 7.66. The predicted molar refractivity (Wildman–Crippen MR) is 94.4 cm³/mol. The fourth-order valence-electron chi connectivity index (χ4n) is 3.07. The number of ketones is 1. The summed E-state index contributed by atoms with van der Waals surface area (Å²) in [7, 11) is 0. The van der Waals surface area contributed by atoms with Crippen LogP contribution < -0.4 is 0 Å². The Hall–Kier alpha value is -2.01. The lowest BCUT2D eigenvalue weighted by Gasteiger charge is -2.14. The van der Waals surface area contributed by atoms with Crippen LogP contribution in [0.25, 0.3) is 5.76 Å². The van der Waals surface area contributed by atoms with Crippen LogP contribution in [0.3, 0.4) is 0 Å². The number of nitrogens with zero attached hydrogens (tertiary/aromatic N) is 2. The summed E-state index contributed by atoms with van der Waals surface area (Å²) in [6.45, 7) is 2.04. The highest BCUT2D eigenvalue weighted by atomic mass is 32.1. The third-order valence-corrected chi connectivity index (χ3v) is 5.86. The standard InChI is InChI=1S/C19H20N2O2S/c1-2-13-6-5-12(10-20-13)17(22)14-7-8-15-19(18(14)23)24-16(21-15)9-11-3-4-11/h5-6,10-11,22H,2-4,7-9H2,1H3. The number of hydrogen-bond acceptors (Lipinski definition) is 5. The second kappa shape index (κ2) is 6.13. The van der Waals surface area contributed by atoms with Gasteiger partial charge in [-0.25, -0.2) is 4.98 Å². The van der Waals surface area contributed by atoms with E-state index in [4.69, 9.17) is 0 Å². The van der Waals surface area contributed by atoms with Crippen molar-refractivity contribution < 1.29 is 9.90 Å². The van der Waals surface area contributed by atoms with Crippen molar-refractivity contribution in [3.8, 4) is 0 Å². The molecule has 1 fully saturated rings. The fourth-order valence-corrected chi connectivity index (χ4v) is 4.26. The zero-order valence-electron chi connectivity index (χ0n) is 13.7. The summed E-state index contributed by atoms with van der Waals surface area (Å²) in [5.74, 6) is 0.769. The molecule has 2 aromatic rings. The summed E-state index contributed by atoms with van der Waals surface area (Å²) < 4.78 is 0. The first-order valence-corrected chi connectivity index (χ1v) is 9.38. The van der Waals surface area contributed by atoms with Crippen LogP contribution in [0.1, 0.15) is 57.8 Å². The minimum absolute atomic E-state index is 0.0622. The van der Waals surface area contributed by atoms with E-state index < -0.39 is 0 Å². The number of carbonyl (C=O) groups excluding carboxylic acids is 1. The number of rotatable bonds is 4. The van der Waals surface area contributed by atoms with E-state index >= 15 is 0 Å². The van der Waals surface area contributed by atoms with Gasteiger partial charge in [0.05, 0.1) is 15.6 Å². The maximum Gasteiger partial charge on any atom is 0.204 e. The SMILES string of the molecule is CCc1ccc(C(O)=C2CCc3nc(CC4CC4)sc3C2=O)cn1. The van der Waals surface area contributed by atoms with Crippen LogP contribution in [0.2, 0.25) is 0 Å². The number of thiazole rings is 1. The van der Waals surface area contributed by atoms with Crippen molar-refractivity contribution in [3.05, 3.63) is 50.7 Å². The Morgan fingerprint density at radius 2 is 2.17 bits per heavy atom. The third kappa shape index (κ3) is 2.88. The maximum atomic E-state index is 12.8. The summed E-state index contributed by atoms with van der Waals surface area (Å²) in [4.78, 5) is 22.5. The largest absolute Gasteiger partial charge is 0.507 e. The lowest BCUT2D eigenvalue weighted by atomic mass is 9.93. The van der Waals surface area contributed by atoms with Gasteiger partial charge >= 0.3 is 0 Å². The molecule has 0 bridgehead atoms. The first-order valence-electron chi connectivity index (χ1n) is 8.56. The van der Waals surface area contributed by atoms with E-state index in [2.05, 4.69) is 9.97 Å².